The van der Waals surface area contributed by atoms with Crippen LogP contribution in [0.1, 0.15) is 5.56 Å². The zero-order valence-electron chi connectivity index (χ0n) is 10.5. The lowest BCUT2D eigenvalue weighted by atomic mass is 10.1. The third-order valence-electron chi connectivity index (χ3n) is 2.91. The summed E-state index contributed by atoms with van der Waals surface area (Å²) in [6, 6.07) is 8.79. The lowest BCUT2D eigenvalue weighted by molar-refractivity contribution is -0.113. The highest BCUT2D eigenvalue weighted by Gasteiger charge is 2.17. The SMILES string of the molecule is O=C(Nc1ccncc1)C1=Cc2cc(Cl)ccc2OC1. The van der Waals surface area contributed by atoms with Gasteiger partial charge in [0, 0.05) is 28.7 Å². The first-order chi connectivity index (χ1) is 9.72. The van der Waals surface area contributed by atoms with E-state index in [1.165, 1.54) is 0 Å². The minimum Gasteiger partial charge on any atom is -0.488 e. The van der Waals surface area contributed by atoms with Crippen LogP contribution in [0.3, 0.4) is 0 Å². The van der Waals surface area contributed by atoms with E-state index in [0.29, 0.717) is 16.3 Å². The van der Waals surface area contributed by atoms with Crippen LogP contribution in [0, 0.1) is 0 Å². The van der Waals surface area contributed by atoms with Crippen LogP contribution in [0.4, 0.5) is 5.69 Å². The molecule has 0 radical (unpaired) electrons. The van der Waals surface area contributed by atoms with Crippen molar-refractivity contribution in [2.45, 2.75) is 0 Å². The summed E-state index contributed by atoms with van der Waals surface area (Å²) >= 11 is 5.94. The second kappa shape index (κ2) is 5.35. The summed E-state index contributed by atoms with van der Waals surface area (Å²) in [5.41, 5.74) is 2.06. The number of hydrogen-bond donors (Lipinski definition) is 1. The standard InChI is InChI=1S/C15H11ClN2O2/c16-12-1-2-14-10(8-12)7-11(9-20-14)15(19)18-13-3-5-17-6-4-13/h1-8H,9H2,(H,17,18,19). The average molecular weight is 287 g/mol. The molecule has 0 bridgehead atoms. The van der Waals surface area contributed by atoms with Gasteiger partial charge in [0.2, 0.25) is 0 Å². The molecule has 0 spiro atoms. The first-order valence-electron chi connectivity index (χ1n) is 6.07. The number of benzene rings is 1. The molecular formula is C15H11ClN2O2. The third-order valence-corrected chi connectivity index (χ3v) is 3.15. The Bertz CT molecular complexity index is 684. The van der Waals surface area contributed by atoms with Crippen LogP contribution in [0.15, 0.2) is 48.3 Å². The lowest BCUT2D eigenvalue weighted by Crippen LogP contribution is -2.21. The maximum atomic E-state index is 12.1. The molecule has 20 heavy (non-hydrogen) atoms. The number of ether oxygens (including phenoxy) is 1. The molecule has 0 saturated carbocycles. The van der Waals surface area contributed by atoms with Crippen LogP contribution >= 0.6 is 11.6 Å². The molecular weight excluding hydrogens is 276 g/mol. The molecule has 1 amide bonds. The monoisotopic (exact) mass is 286 g/mol. The Kier molecular flexibility index (Phi) is 3.39. The first-order valence-corrected chi connectivity index (χ1v) is 6.44. The molecule has 5 heteroatoms. The smallest absolute Gasteiger partial charge is 0.255 e. The molecule has 0 atom stereocenters. The van der Waals surface area contributed by atoms with Gasteiger partial charge >= 0.3 is 0 Å². The second-order valence-corrected chi connectivity index (χ2v) is 4.77. The minimum absolute atomic E-state index is 0.193. The van der Waals surface area contributed by atoms with Gasteiger partial charge < -0.3 is 10.1 Å². The van der Waals surface area contributed by atoms with Crippen LogP contribution in [0.5, 0.6) is 5.75 Å². The Labute approximate surface area is 121 Å². The quantitative estimate of drug-likeness (QED) is 0.923. The molecule has 3 rings (SSSR count). The van der Waals surface area contributed by atoms with Gasteiger partial charge in [0.15, 0.2) is 0 Å². The van der Waals surface area contributed by atoms with Gasteiger partial charge in [0.25, 0.3) is 5.91 Å². The van der Waals surface area contributed by atoms with Crippen LogP contribution in [0.25, 0.3) is 6.08 Å². The number of fused-ring (bicyclic) bond motifs is 1. The fourth-order valence-electron chi connectivity index (χ4n) is 1.93. The summed E-state index contributed by atoms with van der Waals surface area (Å²) in [4.78, 5) is 16.0. The number of aromatic nitrogens is 1. The molecule has 1 aliphatic heterocycles. The lowest BCUT2D eigenvalue weighted by Gasteiger charge is -2.17. The van der Waals surface area contributed by atoms with Gasteiger partial charge in [-0.05, 0) is 36.4 Å². The van der Waals surface area contributed by atoms with Crippen molar-refractivity contribution in [3.05, 3.63) is 58.9 Å². The number of hydrogen-bond acceptors (Lipinski definition) is 3. The van der Waals surface area contributed by atoms with Crippen molar-refractivity contribution in [3.8, 4) is 5.75 Å². The molecule has 2 aromatic rings. The van der Waals surface area contributed by atoms with Crippen LogP contribution in [-0.4, -0.2) is 17.5 Å². The van der Waals surface area contributed by atoms with Gasteiger partial charge in [-0.15, -0.1) is 0 Å². The van der Waals surface area contributed by atoms with E-state index in [0.717, 1.165) is 11.3 Å². The van der Waals surface area contributed by atoms with E-state index in [-0.39, 0.29) is 12.5 Å². The van der Waals surface area contributed by atoms with Gasteiger partial charge in [-0.25, -0.2) is 0 Å². The van der Waals surface area contributed by atoms with E-state index in [9.17, 15) is 4.79 Å². The Balaban J connectivity index is 1.83. The summed E-state index contributed by atoms with van der Waals surface area (Å²) in [5.74, 6) is 0.539. The number of pyridine rings is 1. The molecule has 100 valence electrons. The number of carbonyl (C=O) groups is 1. The van der Waals surface area contributed by atoms with Crippen molar-refractivity contribution in [1.29, 1.82) is 0 Å². The highest BCUT2D eigenvalue weighted by atomic mass is 35.5. The zero-order valence-corrected chi connectivity index (χ0v) is 11.2. The van der Waals surface area contributed by atoms with Crippen LogP contribution in [0.2, 0.25) is 5.02 Å². The number of anilines is 1. The molecule has 0 aliphatic carbocycles. The molecule has 1 aromatic carbocycles. The van der Waals surface area contributed by atoms with E-state index < -0.39 is 0 Å². The normalized spacial score (nSPS) is 12.9. The van der Waals surface area contributed by atoms with Crippen molar-refractivity contribution in [1.82, 2.24) is 4.98 Å². The largest absolute Gasteiger partial charge is 0.488 e. The van der Waals surface area contributed by atoms with Crippen molar-refractivity contribution >= 4 is 29.3 Å². The number of nitrogens with zero attached hydrogens (tertiary/aromatic N) is 1. The number of halogens is 1. The van der Waals surface area contributed by atoms with Crippen LogP contribution in [-0.2, 0) is 4.79 Å². The molecule has 0 fully saturated rings. The first kappa shape index (κ1) is 12.7. The van der Waals surface area contributed by atoms with Crippen molar-refractivity contribution in [2.24, 2.45) is 0 Å². The van der Waals surface area contributed by atoms with E-state index in [2.05, 4.69) is 10.3 Å². The van der Waals surface area contributed by atoms with Gasteiger partial charge in [-0.3, -0.25) is 9.78 Å². The Morgan fingerprint density at radius 2 is 2.05 bits per heavy atom. The fourth-order valence-corrected chi connectivity index (χ4v) is 2.11. The van der Waals surface area contributed by atoms with Gasteiger partial charge in [0.1, 0.15) is 12.4 Å². The Morgan fingerprint density at radius 1 is 1.25 bits per heavy atom. The summed E-state index contributed by atoms with van der Waals surface area (Å²) in [5, 5.41) is 3.41. The third kappa shape index (κ3) is 2.65. The summed E-state index contributed by atoms with van der Waals surface area (Å²) in [6.07, 6.45) is 5.04. The molecule has 0 saturated heterocycles. The molecule has 0 unspecified atom stereocenters. The minimum atomic E-state index is -0.193. The predicted molar refractivity (Wildman–Crippen MR) is 77.8 cm³/mol. The second-order valence-electron chi connectivity index (χ2n) is 4.33. The maximum absolute atomic E-state index is 12.1. The molecule has 4 nitrogen and oxygen atoms in total. The van der Waals surface area contributed by atoms with E-state index in [1.807, 2.05) is 0 Å². The highest BCUT2D eigenvalue weighted by molar-refractivity contribution is 6.30. The summed E-state index contributed by atoms with van der Waals surface area (Å²) in [6.45, 7) is 0.242. The average Bonchev–Trinajstić information content (AvgIpc) is 2.47. The van der Waals surface area contributed by atoms with Gasteiger partial charge in [0.05, 0.1) is 5.57 Å². The predicted octanol–water partition coefficient (Wildman–Crippen LogP) is 3.15. The molecule has 1 N–H and O–H groups in total. The summed E-state index contributed by atoms with van der Waals surface area (Å²) in [7, 11) is 0. The van der Waals surface area contributed by atoms with Crippen LogP contribution < -0.4 is 10.1 Å². The number of carbonyl (C=O) groups excluding carboxylic acids is 1. The van der Waals surface area contributed by atoms with E-state index in [4.69, 9.17) is 16.3 Å². The topological polar surface area (TPSA) is 51.2 Å². The zero-order chi connectivity index (χ0) is 13.9. The van der Waals surface area contributed by atoms with Crippen molar-refractivity contribution in [2.75, 3.05) is 11.9 Å². The van der Waals surface area contributed by atoms with Gasteiger partial charge in [-0.1, -0.05) is 11.6 Å². The molecule has 1 aliphatic rings. The van der Waals surface area contributed by atoms with Crippen molar-refractivity contribution in [3.63, 3.8) is 0 Å². The maximum Gasteiger partial charge on any atom is 0.255 e. The van der Waals surface area contributed by atoms with Crippen molar-refractivity contribution < 1.29 is 9.53 Å². The van der Waals surface area contributed by atoms with Gasteiger partial charge in [-0.2, -0.15) is 0 Å². The van der Waals surface area contributed by atoms with E-state index >= 15 is 0 Å². The number of rotatable bonds is 2. The summed E-state index contributed by atoms with van der Waals surface area (Å²) < 4.78 is 5.55. The molecule has 1 aromatic heterocycles. The van der Waals surface area contributed by atoms with E-state index in [1.54, 1.807) is 48.8 Å². The highest BCUT2D eigenvalue weighted by Crippen LogP contribution is 2.29. The Hall–Kier alpha value is -2.33. The fraction of sp³-hybridized carbons (Fsp3) is 0.0667. The number of amides is 1. The molecule has 2 heterocycles. The Morgan fingerprint density at radius 3 is 2.85 bits per heavy atom. The number of nitrogens with one attached hydrogen (secondary N) is 1.